The number of aryl methyl sites for hydroxylation is 1. The van der Waals surface area contributed by atoms with E-state index < -0.39 is 0 Å². The Morgan fingerprint density at radius 1 is 1.38 bits per heavy atom. The molecule has 0 unspecified atom stereocenters. The highest BCUT2D eigenvalue weighted by molar-refractivity contribution is 9.10. The monoisotopic (exact) mass is 287 g/mol. The summed E-state index contributed by atoms with van der Waals surface area (Å²) in [5, 5.41) is 4.33. The van der Waals surface area contributed by atoms with Gasteiger partial charge in [0.15, 0.2) is 5.96 Å². The van der Waals surface area contributed by atoms with E-state index in [1.165, 1.54) is 0 Å². The summed E-state index contributed by atoms with van der Waals surface area (Å²) >= 11 is 3.46. The first kappa shape index (κ1) is 13.0. The summed E-state index contributed by atoms with van der Waals surface area (Å²) < 4.78 is 2.77. The van der Waals surface area contributed by atoms with E-state index in [0.29, 0.717) is 6.54 Å². The van der Waals surface area contributed by atoms with Crippen molar-refractivity contribution >= 4 is 21.9 Å². The van der Waals surface area contributed by atoms with Gasteiger partial charge in [0.05, 0.1) is 16.7 Å². The third-order valence-corrected chi connectivity index (χ3v) is 2.69. The van der Waals surface area contributed by atoms with Crippen molar-refractivity contribution < 1.29 is 0 Å². The molecule has 16 heavy (non-hydrogen) atoms. The molecule has 1 aromatic rings. The summed E-state index contributed by atoms with van der Waals surface area (Å²) in [7, 11) is 9.81. The van der Waals surface area contributed by atoms with Crippen LogP contribution in [0.5, 0.6) is 0 Å². The second kappa shape index (κ2) is 5.34. The Kier molecular flexibility index (Phi) is 4.35. The molecular weight excluding hydrogens is 270 g/mol. The molecule has 0 aliphatic carbocycles. The minimum atomic E-state index is 0.577. The molecule has 0 aliphatic heterocycles. The van der Waals surface area contributed by atoms with E-state index >= 15 is 0 Å². The number of hydrogen-bond donors (Lipinski definition) is 0. The van der Waals surface area contributed by atoms with E-state index in [9.17, 15) is 0 Å². The molecule has 90 valence electrons. The Morgan fingerprint density at radius 3 is 2.31 bits per heavy atom. The van der Waals surface area contributed by atoms with E-state index in [2.05, 4.69) is 26.0 Å². The molecule has 1 rings (SSSR count). The first-order valence-electron chi connectivity index (χ1n) is 4.99. The Labute approximate surface area is 105 Å². The lowest BCUT2D eigenvalue weighted by molar-refractivity contribution is 0.479. The van der Waals surface area contributed by atoms with Gasteiger partial charge in [-0.1, -0.05) is 0 Å². The highest BCUT2D eigenvalue weighted by atomic mass is 79.9. The van der Waals surface area contributed by atoms with Gasteiger partial charge in [0.1, 0.15) is 0 Å². The van der Waals surface area contributed by atoms with Gasteiger partial charge in [-0.05, 0) is 15.9 Å². The molecule has 0 bridgehead atoms. The fourth-order valence-corrected chi connectivity index (χ4v) is 1.94. The van der Waals surface area contributed by atoms with Crippen LogP contribution in [0.1, 0.15) is 5.69 Å². The largest absolute Gasteiger partial charge is 0.349 e. The minimum Gasteiger partial charge on any atom is -0.349 e. The summed E-state index contributed by atoms with van der Waals surface area (Å²) in [6.07, 6.45) is 1.93. The zero-order valence-electron chi connectivity index (χ0n) is 10.4. The molecule has 0 atom stereocenters. The van der Waals surface area contributed by atoms with Gasteiger partial charge in [-0.25, -0.2) is 4.99 Å². The van der Waals surface area contributed by atoms with Crippen LogP contribution in [-0.4, -0.2) is 53.7 Å². The van der Waals surface area contributed by atoms with Gasteiger partial charge in [-0.3, -0.25) is 4.68 Å². The molecule has 0 aromatic carbocycles. The van der Waals surface area contributed by atoms with Crippen molar-refractivity contribution in [2.45, 2.75) is 6.54 Å². The maximum atomic E-state index is 4.53. The number of hydrogen-bond acceptors (Lipinski definition) is 2. The van der Waals surface area contributed by atoms with Gasteiger partial charge in [0, 0.05) is 41.4 Å². The molecule has 0 saturated carbocycles. The Morgan fingerprint density at radius 2 is 1.94 bits per heavy atom. The summed E-state index contributed by atoms with van der Waals surface area (Å²) in [5.41, 5.74) is 0.948. The fraction of sp³-hybridized carbons (Fsp3) is 0.600. The summed E-state index contributed by atoms with van der Waals surface area (Å²) in [6.45, 7) is 0.577. The normalized spacial score (nSPS) is 10.1. The van der Waals surface area contributed by atoms with Crippen LogP contribution >= 0.6 is 15.9 Å². The maximum Gasteiger partial charge on any atom is 0.195 e. The average Bonchev–Trinajstić information content (AvgIpc) is 2.44. The molecule has 1 heterocycles. The van der Waals surface area contributed by atoms with Gasteiger partial charge >= 0.3 is 0 Å². The van der Waals surface area contributed by atoms with E-state index in [1.807, 2.05) is 51.2 Å². The molecule has 0 radical (unpaired) electrons. The van der Waals surface area contributed by atoms with Gasteiger partial charge in [-0.15, -0.1) is 0 Å². The van der Waals surface area contributed by atoms with E-state index in [4.69, 9.17) is 0 Å². The molecule has 5 nitrogen and oxygen atoms in total. The van der Waals surface area contributed by atoms with Crippen molar-refractivity contribution in [3.63, 3.8) is 0 Å². The van der Waals surface area contributed by atoms with E-state index in [0.717, 1.165) is 16.1 Å². The lowest BCUT2D eigenvalue weighted by atomic mass is 10.4. The zero-order valence-corrected chi connectivity index (χ0v) is 12.0. The van der Waals surface area contributed by atoms with Crippen molar-refractivity contribution in [1.29, 1.82) is 0 Å². The van der Waals surface area contributed by atoms with E-state index in [1.54, 1.807) is 4.68 Å². The van der Waals surface area contributed by atoms with Gasteiger partial charge < -0.3 is 9.80 Å². The second-order valence-corrected chi connectivity index (χ2v) is 4.86. The van der Waals surface area contributed by atoms with Crippen LogP contribution in [0.15, 0.2) is 15.7 Å². The summed E-state index contributed by atoms with van der Waals surface area (Å²) in [4.78, 5) is 8.50. The lowest BCUT2D eigenvalue weighted by Crippen LogP contribution is -2.35. The van der Waals surface area contributed by atoms with Gasteiger partial charge in [0.2, 0.25) is 0 Å². The van der Waals surface area contributed by atoms with Crippen LogP contribution in [0.2, 0.25) is 0 Å². The van der Waals surface area contributed by atoms with Crippen molar-refractivity contribution in [1.82, 2.24) is 19.6 Å². The number of aliphatic imine (C=N–C) groups is 1. The Bertz CT molecular complexity index is 371. The fourth-order valence-electron chi connectivity index (χ4n) is 1.44. The molecule has 0 saturated heterocycles. The van der Waals surface area contributed by atoms with Crippen LogP contribution < -0.4 is 0 Å². The molecule has 0 fully saturated rings. The molecule has 6 heteroatoms. The first-order chi connectivity index (χ1) is 7.41. The van der Waals surface area contributed by atoms with Gasteiger partial charge in [0.25, 0.3) is 0 Å². The number of halogens is 1. The average molecular weight is 288 g/mol. The third-order valence-electron chi connectivity index (χ3n) is 2.02. The van der Waals surface area contributed by atoms with Crippen molar-refractivity contribution in [2.75, 3.05) is 28.2 Å². The highest BCUT2D eigenvalue weighted by Gasteiger charge is 2.07. The summed E-state index contributed by atoms with van der Waals surface area (Å²) in [5.74, 6) is 0.928. The number of nitrogens with zero attached hydrogens (tertiary/aromatic N) is 5. The van der Waals surface area contributed by atoms with Crippen LogP contribution in [-0.2, 0) is 13.6 Å². The SMILES string of the molecule is CN(C)C(=NCc1nn(C)cc1Br)N(C)C. The Hall–Kier alpha value is -1.04. The topological polar surface area (TPSA) is 36.7 Å². The quantitative estimate of drug-likeness (QED) is 0.605. The standard InChI is InChI=1S/C10H18BrN5/c1-14(2)10(15(3)4)12-6-9-8(11)7-16(5)13-9/h7H,6H2,1-5H3. The summed E-state index contributed by atoms with van der Waals surface area (Å²) in [6, 6.07) is 0. The van der Waals surface area contributed by atoms with Crippen LogP contribution in [0, 0.1) is 0 Å². The number of aromatic nitrogens is 2. The van der Waals surface area contributed by atoms with Crippen molar-refractivity contribution in [2.24, 2.45) is 12.0 Å². The zero-order chi connectivity index (χ0) is 12.3. The minimum absolute atomic E-state index is 0.577. The number of rotatable bonds is 2. The van der Waals surface area contributed by atoms with Crippen LogP contribution in [0.4, 0.5) is 0 Å². The number of guanidine groups is 1. The predicted molar refractivity (Wildman–Crippen MR) is 69.4 cm³/mol. The third kappa shape index (κ3) is 3.23. The first-order valence-corrected chi connectivity index (χ1v) is 5.78. The second-order valence-electron chi connectivity index (χ2n) is 4.00. The highest BCUT2D eigenvalue weighted by Crippen LogP contribution is 2.15. The smallest absolute Gasteiger partial charge is 0.195 e. The molecule has 1 aromatic heterocycles. The van der Waals surface area contributed by atoms with E-state index in [-0.39, 0.29) is 0 Å². The predicted octanol–water partition coefficient (Wildman–Crippen LogP) is 1.16. The van der Waals surface area contributed by atoms with Crippen molar-refractivity contribution in [3.05, 3.63) is 16.4 Å². The van der Waals surface area contributed by atoms with Gasteiger partial charge in [-0.2, -0.15) is 5.10 Å². The Balaban J connectivity index is 2.81. The van der Waals surface area contributed by atoms with Crippen LogP contribution in [0.25, 0.3) is 0 Å². The van der Waals surface area contributed by atoms with Crippen molar-refractivity contribution in [3.8, 4) is 0 Å². The van der Waals surface area contributed by atoms with Crippen LogP contribution in [0.3, 0.4) is 0 Å². The lowest BCUT2D eigenvalue weighted by Gasteiger charge is -2.22. The molecule has 0 aliphatic rings. The molecule has 0 spiro atoms. The molecular formula is C10H18BrN5. The molecule has 0 amide bonds. The maximum absolute atomic E-state index is 4.53. The molecule has 0 N–H and O–H groups in total.